The van der Waals surface area contributed by atoms with E-state index >= 15 is 0 Å². The number of carbonyl (C=O) groups is 1. The van der Waals surface area contributed by atoms with Gasteiger partial charge in [0.15, 0.2) is 0 Å². The Balaban J connectivity index is 1.57. The molecule has 2 heterocycles. The number of hydrazine groups is 1. The molecule has 7 heteroatoms. The molecule has 3 N–H and O–H groups in total. The van der Waals surface area contributed by atoms with E-state index < -0.39 is 17.7 Å². The first-order valence-electron chi connectivity index (χ1n) is 6.90. The van der Waals surface area contributed by atoms with Crippen LogP contribution in [0.5, 0.6) is 0 Å². The van der Waals surface area contributed by atoms with Gasteiger partial charge in [-0.1, -0.05) is 12.1 Å². The van der Waals surface area contributed by atoms with E-state index in [2.05, 4.69) is 16.2 Å². The SMILES string of the molecule is O=C(NCc1c(F)cccc1F)C1CC(c2cccs2)NN1. The van der Waals surface area contributed by atoms with Gasteiger partial charge in [0, 0.05) is 17.0 Å². The molecule has 0 radical (unpaired) electrons. The van der Waals surface area contributed by atoms with Crippen LogP contribution in [-0.2, 0) is 11.3 Å². The van der Waals surface area contributed by atoms with Crippen LogP contribution in [0.3, 0.4) is 0 Å². The molecule has 1 aromatic carbocycles. The molecule has 2 atom stereocenters. The highest BCUT2D eigenvalue weighted by atomic mass is 32.1. The van der Waals surface area contributed by atoms with Crippen molar-refractivity contribution in [2.75, 3.05) is 0 Å². The summed E-state index contributed by atoms with van der Waals surface area (Å²) in [6, 6.07) is 7.24. The van der Waals surface area contributed by atoms with Gasteiger partial charge in [-0.2, -0.15) is 0 Å². The molecule has 1 fully saturated rings. The molecule has 2 unspecified atom stereocenters. The molecule has 3 rings (SSSR count). The van der Waals surface area contributed by atoms with Crippen molar-refractivity contribution in [1.29, 1.82) is 0 Å². The van der Waals surface area contributed by atoms with Crippen LogP contribution in [0.15, 0.2) is 35.7 Å². The summed E-state index contributed by atoms with van der Waals surface area (Å²) < 4.78 is 27.0. The van der Waals surface area contributed by atoms with Crippen LogP contribution in [0.25, 0.3) is 0 Å². The molecule has 0 bridgehead atoms. The predicted octanol–water partition coefficient (Wildman–Crippen LogP) is 2.25. The van der Waals surface area contributed by atoms with Crippen molar-refractivity contribution in [2.45, 2.75) is 25.0 Å². The molecule has 1 amide bonds. The normalized spacial score (nSPS) is 21.0. The first-order valence-corrected chi connectivity index (χ1v) is 7.78. The fourth-order valence-electron chi connectivity index (χ4n) is 2.40. The van der Waals surface area contributed by atoms with Crippen molar-refractivity contribution in [1.82, 2.24) is 16.2 Å². The monoisotopic (exact) mass is 323 g/mol. The van der Waals surface area contributed by atoms with Crippen LogP contribution < -0.4 is 16.2 Å². The maximum absolute atomic E-state index is 13.5. The van der Waals surface area contributed by atoms with Crippen molar-refractivity contribution in [3.8, 4) is 0 Å². The Bertz CT molecular complexity index is 643. The topological polar surface area (TPSA) is 53.2 Å². The van der Waals surface area contributed by atoms with Crippen molar-refractivity contribution in [3.63, 3.8) is 0 Å². The maximum Gasteiger partial charge on any atom is 0.238 e. The first kappa shape index (κ1) is 15.1. The Morgan fingerprint density at radius 1 is 1.23 bits per heavy atom. The lowest BCUT2D eigenvalue weighted by molar-refractivity contribution is -0.123. The van der Waals surface area contributed by atoms with Crippen LogP contribution in [0, 0.1) is 11.6 Å². The van der Waals surface area contributed by atoms with E-state index in [0.717, 1.165) is 4.88 Å². The van der Waals surface area contributed by atoms with Gasteiger partial charge in [-0.3, -0.25) is 4.79 Å². The number of halogens is 2. The molecule has 1 aromatic heterocycles. The minimum atomic E-state index is -0.658. The number of amides is 1. The summed E-state index contributed by atoms with van der Waals surface area (Å²) in [7, 11) is 0. The minimum Gasteiger partial charge on any atom is -0.350 e. The third-order valence-corrected chi connectivity index (χ3v) is 4.59. The second-order valence-corrected chi connectivity index (χ2v) is 6.04. The van der Waals surface area contributed by atoms with E-state index in [1.807, 2.05) is 17.5 Å². The molecule has 1 saturated heterocycles. The van der Waals surface area contributed by atoms with Crippen LogP contribution in [-0.4, -0.2) is 11.9 Å². The zero-order valence-corrected chi connectivity index (χ0v) is 12.4. The van der Waals surface area contributed by atoms with E-state index in [0.29, 0.717) is 6.42 Å². The molecule has 0 spiro atoms. The van der Waals surface area contributed by atoms with Crippen LogP contribution >= 0.6 is 11.3 Å². The van der Waals surface area contributed by atoms with Gasteiger partial charge in [0.05, 0.1) is 6.04 Å². The fraction of sp³-hybridized carbons (Fsp3) is 0.267. The highest BCUT2D eigenvalue weighted by Gasteiger charge is 2.30. The molecule has 22 heavy (non-hydrogen) atoms. The third-order valence-electron chi connectivity index (χ3n) is 3.61. The minimum absolute atomic E-state index is 0.0703. The lowest BCUT2D eigenvalue weighted by Crippen LogP contribution is -2.43. The van der Waals surface area contributed by atoms with E-state index in [9.17, 15) is 13.6 Å². The number of hydrogen-bond donors (Lipinski definition) is 3. The molecule has 1 aliphatic rings. The van der Waals surface area contributed by atoms with Gasteiger partial charge in [0.1, 0.15) is 17.7 Å². The average molecular weight is 323 g/mol. The van der Waals surface area contributed by atoms with Gasteiger partial charge in [0.2, 0.25) is 5.91 Å². The number of benzene rings is 1. The van der Waals surface area contributed by atoms with Crippen LogP contribution in [0.4, 0.5) is 8.78 Å². The van der Waals surface area contributed by atoms with Crippen molar-refractivity contribution >= 4 is 17.2 Å². The summed E-state index contributed by atoms with van der Waals surface area (Å²) in [5, 5.41) is 4.55. The highest BCUT2D eigenvalue weighted by molar-refractivity contribution is 7.10. The van der Waals surface area contributed by atoms with E-state index in [1.165, 1.54) is 18.2 Å². The lowest BCUT2D eigenvalue weighted by Gasteiger charge is -2.11. The first-order chi connectivity index (χ1) is 10.6. The van der Waals surface area contributed by atoms with Crippen LogP contribution in [0.1, 0.15) is 22.9 Å². The summed E-state index contributed by atoms with van der Waals surface area (Å²) >= 11 is 1.61. The summed E-state index contributed by atoms with van der Waals surface area (Å²) in [6.45, 7) is -0.167. The number of carbonyl (C=O) groups excluding carboxylic acids is 1. The molecule has 0 saturated carbocycles. The Labute approximate surface area is 130 Å². The highest BCUT2D eigenvalue weighted by Crippen LogP contribution is 2.26. The van der Waals surface area contributed by atoms with E-state index in [-0.39, 0.29) is 24.1 Å². The summed E-state index contributed by atoms with van der Waals surface area (Å²) in [6.07, 6.45) is 0.589. The second-order valence-electron chi connectivity index (χ2n) is 5.06. The Morgan fingerprint density at radius 2 is 2.00 bits per heavy atom. The van der Waals surface area contributed by atoms with Crippen molar-refractivity contribution in [2.24, 2.45) is 0 Å². The Hall–Kier alpha value is -1.83. The van der Waals surface area contributed by atoms with Gasteiger partial charge < -0.3 is 5.32 Å². The number of thiophene rings is 1. The molecular formula is C15H15F2N3OS. The average Bonchev–Trinajstić information content (AvgIpc) is 3.17. The Morgan fingerprint density at radius 3 is 2.68 bits per heavy atom. The van der Waals surface area contributed by atoms with Gasteiger partial charge in [-0.15, -0.1) is 11.3 Å². The summed E-state index contributed by atoms with van der Waals surface area (Å²) in [5.74, 6) is -1.60. The molecule has 0 aliphatic carbocycles. The van der Waals surface area contributed by atoms with Gasteiger partial charge in [-0.05, 0) is 30.0 Å². The molecule has 2 aromatic rings. The number of nitrogens with one attached hydrogen (secondary N) is 3. The number of rotatable bonds is 4. The smallest absolute Gasteiger partial charge is 0.238 e. The zero-order chi connectivity index (χ0) is 15.5. The predicted molar refractivity (Wildman–Crippen MR) is 79.9 cm³/mol. The van der Waals surface area contributed by atoms with E-state index in [4.69, 9.17) is 0 Å². The molecule has 116 valence electrons. The molecule has 1 aliphatic heterocycles. The lowest BCUT2D eigenvalue weighted by atomic mass is 10.1. The molecule has 4 nitrogen and oxygen atoms in total. The second kappa shape index (κ2) is 6.51. The fourth-order valence-corrected chi connectivity index (χ4v) is 3.19. The summed E-state index contributed by atoms with van der Waals surface area (Å²) in [4.78, 5) is 13.2. The number of hydrogen-bond acceptors (Lipinski definition) is 4. The van der Waals surface area contributed by atoms with E-state index in [1.54, 1.807) is 11.3 Å². The van der Waals surface area contributed by atoms with Gasteiger partial charge in [0.25, 0.3) is 0 Å². The standard InChI is InChI=1S/C15H15F2N3OS/c16-10-3-1-4-11(17)9(10)8-18-15(21)13-7-12(19-20-13)14-5-2-6-22-14/h1-6,12-13,19-20H,7-8H2,(H,18,21). The third kappa shape index (κ3) is 3.16. The summed E-state index contributed by atoms with van der Waals surface area (Å²) in [5.41, 5.74) is 5.85. The van der Waals surface area contributed by atoms with Gasteiger partial charge in [-0.25, -0.2) is 19.6 Å². The van der Waals surface area contributed by atoms with Crippen LogP contribution in [0.2, 0.25) is 0 Å². The largest absolute Gasteiger partial charge is 0.350 e. The Kier molecular flexibility index (Phi) is 4.47. The molecular weight excluding hydrogens is 308 g/mol. The van der Waals surface area contributed by atoms with Crippen molar-refractivity contribution < 1.29 is 13.6 Å². The maximum atomic E-state index is 13.5. The van der Waals surface area contributed by atoms with Gasteiger partial charge >= 0.3 is 0 Å². The van der Waals surface area contributed by atoms with Crippen molar-refractivity contribution in [3.05, 3.63) is 57.8 Å². The quantitative estimate of drug-likeness (QED) is 0.809. The zero-order valence-electron chi connectivity index (χ0n) is 11.6.